The van der Waals surface area contributed by atoms with Crippen molar-refractivity contribution in [1.82, 2.24) is 25.3 Å². The van der Waals surface area contributed by atoms with Crippen LogP contribution >= 0.6 is 11.6 Å². The van der Waals surface area contributed by atoms with Gasteiger partial charge in [-0.15, -0.1) is 5.10 Å². The zero-order chi connectivity index (χ0) is 20.4. The molecule has 3 aromatic rings. The number of pyridine rings is 1. The van der Waals surface area contributed by atoms with E-state index >= 15 is 0 Å². The van der Waals surface area contributed by atoms with Crippen LogP contribution in [-0.2, 0) is 17.5 Å². The van der Waals surface area contributed by atoms with E-state index in [0.29, 0.717) is 24.3 Å². The Bertz CT molecular complexity index is 979. The van der Waals surface area contributed by atoms with Crippen LogP contribution in [0.3, 0.4) is 0 Å². The van der Waals surface area contributed by atoms with Crippen molar-refractivity contribution in [1.29, 1.82) is 0 Å². The highest BCUT2D eigenvalue weighted by Gasteiger charge is 2.32. The molecule has 1 aliphatic heterocycles. The molecule has 0 spiro atoms. The van der Waals surface area contributed by atoms with Crippen molar-refractivity contribution < 1.29 is 17.9 Å². The molecule has 10 heteroatoms. The Kier molecular flexibility index (Phi) is 5.53. The first-order valence-corrected chi connectivity index (χ1v) is 9.29. The number of hydrogen-bond donors (Lipinski definition) is 1. The zero-order valence-electron chi connectivity index (χ0n) is 15.1. The highest BCUT2D eigenvalue weighted by molar-refractivity contribution is 6.30. The Morgan fingerprint density at radius 3 is 2.86 bits per heavy atom. The van der Waals surface area contributed by atoms with Crippen LogP contribution < -0.4 is 5.32 Å². The summed E-state index contributed by atoms with van der Waals surface area (Å²) in [4.78, 5) is 4.07. The maximum Gasteiger partial charge on any atom is 0.416 e. The Morgan fingerprint density at radius 2 is 2.10 bits per heavy atom. The summed E-state index contributed by atoms with van der Waals surface area (Å²) < 4.78 is 46.6. The standard InChI is InChI=1S/C19H17ClF3N5O/c20-15-5-12(4-14(6-15)19(21,22)23)11-29-18-9-25-8-17(18)28-10-16(26-27-28)13-2-1-3-24-7-13/h1-7,10,17-18,25H,8-9,11H2. The first-order valence-electron chi connectivity index (χ1n) is 8.91. The number of nitrogens with zero attached hydrogens (tertiary/aromatic N) is 4. The normalized spacial score (nSPS) is 19.6. The molecule has 152 valence electrons. The van der Waals surface area contributed by atoms with Crippen molar-refractivity contribution in [3.8, 4) is 11.3 Å². The molecule has 0 saturated carbocycles. The van der Waals surface area contributed by atoms with Gasteiger partial charge in [0.1, 0.15) is 5.69 Å². The lowest BCUT2D eigenvalue weighted by Crippen LogP contribution is -2.26. The van der Waals surface area contributed by atoms with Gasteiger partial charge in [0.2, 0.25) is 0 Å². The lowest BCUT2D eigenvalue weighted by molar-refractivity contribution is -0.137. The molecule has 6 nitrogen and oxygen atoms in total. The topological polar surface area (TPSA) is 64.9 Å². The highest BCUT2D eigenvalue weighted by Crippen LogP contribution is 2.32. The molecule has 1 N–H and O–H groups in total. The van der Waals surface area contributed by atoms with Crippen LogP contribution in [0.25, 0.3) is 11.3 Å². The van der Waals surface area contributed by atoms with Crippen molar-refractivity contribution in [3.05, 3.63) is 65.1 Å². The molecule has 2 atom stereocenters. The average molecular weight is 424 g/mol. The van der Waals surface area contributed by atoms with E-state index in [1.165, 1.54) is 6.07 Å². The lowest BCUT2D eigenvalue weighted by atomic mass is 10.1. The van der Waals surface area contributed by atoms with Gasteiger partial charge in [0.15, 0.2) is 0 Å². The second kappa shape index (κ2) is 8.10. The van der Waals surface area contributed by atoms with Crippen LogP contribution in [0.2, 0.25) is 5.02 Å². The molecule has 1 aliphatic rings. The molecule has 2 aromatic heterocycles. The van der Waals surface area contributed by atoms with E-state index in [0.717, 1.165) is 17.7 Å². The van der Waals surface area contributed by atoms with Crippen molar-refractivity contribution in [2.45, 2.75) is 24.9 Å². The van der Waals surface area contributed by atoms with Crippen LogP contribution in [0.15, 0.2) is 48.9 Å². The number of nitrogens with one attached hydrogen (secondary N) is 1. The van der Waals surface area contributed by atoms with Gasteiger partial charge in [-0.05, 0) is 35.9 Å². The summed E-state index contributed by atoms with van der Waals surface area (Å²) in [5, 5.41) is 11.6. The average Bonchev–Trinajstić information content (AvgIpc) is 3.35. The van der Waals surface area contributed by atoms with Gasteiger partial charge < -0.3 is 10.1 Å². The van der Waals surface area contributed by atoms with Gasteiger partial charge >= 0.3 is 6.18 Å². The number of halogens is 4. The van der Waals surface area contributed by atoms with E-state index in [1.54, 1.807) is 17.1 Å². The van der Waals surface area contributed by atoms with Crippen LogP contribution in [0.1, 0.15) is 17.2 Å². The van der Waals surface area contributed by atoms with E-state index in [9.17, 15) is 13.2 Å². The fourth-order valence-electron chi connectivity index (χ4n) is 3.26. The molecule has 29 heavy (non-hydrogen) atoms. The van der Waals surface area contributed by atoms with Gasteiger partial charge in [0.05, 0.1) is 30.5 Å². The predicted octanol–water partition coefficient (Wildman–Crippen LogP) is 3.74. The summed E-state index contributed by atoms with van der Waals surface area (Å²) in [6.07, 6.45) is 0.463. The quantitative estimate of drug-likeness (QED) is 0.677. The third-order valence-electron chi connectivity index (χ3n) is 4.68. The molecule has 0 radical (unpaired) electrons. The van der Waals surface area contributed by atoms with Gasteiger partial charge in [-0.2, -0.15) is 13.2 Å². The molecule has 4 rings (SSSR count). The van der Waals surface area contributed by atoms with Gasteiger partial charge in [-0.3, -0.25) is 4.98 Å². The predicted molar refractivity (Wildman–Crippen MR) is 100 cm³/mol. The van der Waals surface area contributed by atoms with E-state index in [1.807, 2.05) is 18.3 Å². The summed E-state index contributed by atoms with van der Waals surface area (Å²) in [6, 6.07) is 7.01. The van der Waals surface area contributed by atoms with Crippen molar-refractivity contribution >= 4 is 11.6 Å². The number of aromatic nitrogens is 4. The van der Waals surface area contributed by atoms with Crippen molar-refractivity contribution in [2.75, 3.05) is 13.1 Å². The maximum absolute atomic E-state index is 13.0. The highest BCUT2D eigenvalue weighted by atomic mass is 35.5. The minimum absolute atomic E-state index is 0.0106. The maximum atomic E-state index is 13.0. The van der Waals surface area contributed by atoms with Crippen molar-refractivity contribution in [3.63, 3.8) is 0 Å². The Hall–Kier alpha value is -2.49. The molecule has 0 amide bonds. The monoisotopic (exact) mass is 423 g/mol. The molecule has 0 aliphatic carbocycles. The second-order valence-electron chi connectivity index (χ2n) is 6.75. The SMILES string of the molecule is FC(F)(F)c1cc(Cl)cc(COC2CNCC2n2cc(-c3cccnc3)nn2)c1. The largest absolute Gasteiger partial charge is 0.416 e. The van der Waals surface area contributed by atoms with E-state index in [4.69, 9.17) is 16.3 Å². The first-order chi connectivity index (χ1) is 13.9. The molecule has 1 aromatic carbocycles. The molecule has 0 bridgehead atoms. The van der Waals surface area contributed by atoms with Crippen LogP contribution in [0.5, 0.6) is 0 Å². The summed E-state index contributed by atoms with van der Waals surface area (Å²) in [6.45, 7) is 1.18. The zero-order valence-corrected chi connectivity index (χ0v) is 15.9. The summed E-state index contributed by atoms with van der Waals surface area (Å²) >= 11 is 5.84. The van der Waals surface area contributed by atoms with E-state index in [2.05, 4.69) is 20.6 Å². The number of ether oxygens (including phenoxy) is 1. The molecule has 2 unspecified atom stereocenters. The van der Waals surface area contributed by atoms with Crippen LogP contribution in [0.4, 0.5) is 13.2 Å². The molecular formula is C19H17ClF3N5O. The summed E-state index contributed by atoms with van der Waals surface area (Å²) in [5.41, 5.74) is 1.11. The van der Waals surface area contributed by atoms with Gasteiger partial charge in [0.25, 0.3) is 0 Å². The third kappa shape index (κ3) is 4.58. The fourth-order valence-corrected chi connectivity index (χ4v) is 3.52. The minimum Gasteiger partial charge on any atom is -0.370 e. The van der Waals surface area contributed by atoms with E-state index < -0.39 is 11.7 Å². The number of hydrogen-bond acceptors (Lipinski definition) is 5. The Morgan fingerprint density at radius 1 is 1.24 bits per heavy atom. The van der Waals surface area contributed by atoms with Gasteiger partial charge in [-0.25, -0.2) is 4.68 Å². The first kappa shape index (κ1) is 19.8. The number of rotatable bonds is 5. The molecule has 3 heterocycles. The summed E-state index contributed by atoms with van der Waals surface area (Å²) in [5.74, 6) is 0. The second-order valence-corrected chi connectivity index (χ2v) is 7.18. The minimum atomic E-state index is -4.46. The Labute approximate surface area is 169 Å². The van der Waals surface area contributed by atoms with Gasteiger partial charge in [-0.1, -0.05) is 16.8 Å². The van der Waals surface area contributed by atoms with Crippen LogP contribution in [0, 0.1) is 0 Å². The fraction of sp³-hybridized carbons (Fsp3) is 0.316. The van der Waals surface area contributed by atoms with Crippen molar-refractivity contribution in [2.24, 2.45) is 0 Å². The number of alkyl halides is 3. The smallest absolute Gasteiger partial charge is 0.370 e. The molecular weight excluding hydrogens is 407 g/mol. The Balaban J connectivity index is 1.46. The summed E-state index contributed by atoms with van der Waals surface area (Å²) in [7, 11) is 0. The third-order valence-corrected chi connectivity index (χ3v) is 4.90. The number of benzene rings is 1. The lowest BCUT2D eigenvalue weighted by Gasteiger charge is -2.19. The van der Waals surface area contributed by atoms with E-state index in [-0.39, 0.29) is 23.8 Å². The van der Waals surface area contributed by atoms with Gasteiger partial charge in [0, 0.05) is 36.1 Å². The molecule has 1 fully saturated rings. The molecule has 1 saturated heterocycles. The van der Waals surface area contributed by atoms with Crippen LogP contribution in [-0.4, -0.2) is 39.2 Å².